The van der Waals surface area contributed by atoms with Crippen LogP contribution in [-0.2, 0) is 4.84 Å². The Hall–Kier alpha value is -2.02. The van der Waals surface area contributed by atoms with Crippen LogP contribution in [0, 0.1) is 0 Å². The van der Waals surface area contributed by atoms with E-state index in [1.54, 1.807) is 0 Å². The van der Waals surface area contributed by atoms with Crippen molar-refractivity contribution in [3.8, 4) is 0 Å². The molecule has 0 aliphatic heterocycles. The zero-order valence-corrected chi connectivity index (χ0v) is 7.78. The topological polar surface area (TPSA) is 78.5 Å². The maximum atomic E-state index is 11.7. The van der Waals surface area contributed by atoms with Crippen molar-refractivity contribution in [3.63, 3.8) is 0 Å². The van der Waals surface area contributed by atoms with Crippen LogP contribution < -0.4 is 10.6 Å². The molecule has 5 nitrogen and oxygen atoms in total. The van der Waals surface area contributed by atoms with Gasteiger partial charge in [0.25, 0.3) is 0 Å². The lowest BCUT2D eigenvalue weighted by atomic mass is 10.1. The minimum Gasteiger partial charge on any atom is -0.545 e. The van der Waals surface area contributed by atoms with Gasteiger partial charge in [-0.15, -0.1) is 0 Å². The van der Waals surface area contributed by atoms with Gasteiger partial charge < -0.3 is 14.7 Å². The summed E-state index contributed by atoms with van der Waals surface area (Å²) in [6.07, 6.45) is 0. The molecule has 0 atom stereocenters. The van der Waals surface area contributed by atoms with Crippen molar-refractivity contribution in [2.24, 2.45) is 0 Å². The molecule has 16 heavy (non-hydrogen) atoms. The number of hydrogen-bond acceptors (Lipinski definition) is 5. The predicted octanol–water partition coefficient (Wildman–Crippen LogP) is -0.0659. The molecule has 0 aromatic heterocycles. The van der Waals surface area contributed by atoms with Crippen molar-refractivity contribution < 1.29 is 28.3 Å². The van der Waals surface area contributed by atoms with Gasteiger partial charge in [-0.1, -0.05) is 23.7 Å². The van der Waals surface area contributed by atoms with E-state index in [-0.39, 0.29) is 5.56 Å². The molecule has 0 aliphatic rings. The van der Waals surface area contributed by atoms with E-state index in [0.717, 1.165) is 17.6 Å². The molecule has 1 rings (SSSR count). The molecule has 1 aromatic rings. The highest BCUT2D eigenvalue weighted by Gasteiger charge is 2.14. The lowest BCUT2D eigenvalue weighted by Gasteiger charge is -2.09. The highest BCUT2D eigenvalue weighted by Crippen LogP contribution is 2.09. The van der Waals surface area contributed by atoms with Crippen LogP contribution in [0.3, 0.4) is 0 Å². The molecule has 0 unspecified atom stereocenters. The van der Waals surface area contributed by atoms with Crippen LogP contribution >= 0.6 is 0 Å². The van der Waals surface area contributed by atoms with E-state index in [0.29, 0.717) is 0 Å². The normalized spacial score (nSPS) is 10.2. The minimum atomic E-state index is -3.04. The molecule has 0 saturated carbocycles. The van der Waals surface area contributed by atoms with Crippen LogP contribution in [0.2, 0.25) is 0 Å². The number of nitrogens with one attached hydrogen (secondary N) is 1. The summed E-state index contributed by atoms with van der Waals surface area (Å²) in [4.78, 5) is 25.7. The van der Waals surface area contributed by atoms with E-state index in [2.05, 4.69) is 4.84 Å². The Balaban J connectivity index is 2.86. The second-order valence-corrected chi connectivity index (χ2v) is 2.64. The van der Waals surface area contributed by atoms with Gasteiger partial charge in [0.2, 0.25) is 0 Å². The number of carbonyl (C=O) groups is 2. The third-order valence-electron chi connectivity index (χ3n) is 1.61. The fraction of sp³-hybridized carbons (Fsp3) is 0.111. The number of carboxylic acids is 1. The number of hydroxylamine groups is 1. The molecule has 0 bridgehead atoms. The summed E-state index contributed by atoms with van der Waals surface area (Å²) < 4.78 is 23.3. The summed E-state index contributed by atoms with van der Waals surface area (Å²) in [5.41, 5.74) is 0.321. The first kappa shape index (κ1) is 12.1. The molecular weight excluding hydrogens is 224 g/mol. The Kier molecular flexibility index (Phi) is 3.90. The van der Waals surface area contributed by atoms with E-state index in [4.69, 9.17) is 0 Å². The number of hydrogen-bond donors (Lipinski definition) is 1. The quantitative estimate of drug-likeness (QED) is 0.578. The van der Waals surface area contributed by atoms with Crippen LogP contribution in [0.15, 0.2) is 24.3 Å². The second kappa shape index (κ2) is 5.17. The van der Waals surface area contributed by atoms with Crippen molar-refractivity contribution in [1.29, 1.82) is 0 Å². The van der Waals surface area contributed by atoms with Gasteiger partial charge in [-0.05, 0) is 6.07 Å². The Morgan fingerprint density at radius 1 is 1.25 bits per heavy atom. The molecule has 0 spiro atoms. The number of rotatable bonds is 4. The SMILES string of the molecule is O=C([O-])c1ccccc1C(=O)ONC(F)F. The highest BCUT2D eigenvalue weighted by molar-refractivity contribution is 6.01. The fourth-order valence-electron chi connectivity index (χ4n) is 0.992. The average molecular weight is 230 g/mol. The number of aromatic carboxylic acids is 1. The number of halogens is 2. The maximum Gasteiger partial charge on any atom is 0.357 e. The maximum absolute atomic E-state index is 11.7. The zero-order chi connectivity index (χ0) is 12.1. The van der Waals surface area contributed by atoms with Crippen molar-refractivity contribution >= 4 is 11.9 Å². The van der Waals surface area contributed by atoms with Gasteiger partial charge >= 0.3 is 12.5 Å². The molecule has 0 aliphatic carbocycles. The third kappa shape index (κ3) is 2.99. The molecule has 0 saturated heterocycles. The first-order chi connectivity index (χ1) is 7.52. The van der Waals surface area contributed by atoms with Gasteiger partial charge in [0.05, 0.1) is 11.5 Å². The van der Waals surface area contributed by atoms with E-state index in [1.807, 2.05) is 0 Å². The van der Waals surface area contributed by atoms with Crippen LogP contribution in [0.5, 0.6) is 0 Å². The Labute approximate surface area is 88.6 Å². The fourth-order valence-corrected chi connectivity index (χ4v) is 0.992. The third-order valence-corrected chi connectivity index (χ3v) is 1.61. The standard InChI is InChI=1S/C9H7F2NO4/c10-9(11)12-16-8(15)6-4-2-1-3-5(6)7(13)14/h1-4,9,12H,(H,13,14)/p-1. The van der Waals surface area contributed by atoms with Gasteiger partial charge in [-0.2, -0.15) is 8.78 Å². The van der Waals surface area contributed by atoms with Crippen molar-refractivity contribution in [2.75, 3.05) is 0 Å². The van der Waals surface area contributed by atoms with Crippen molar-refractivity contribution in [2.45, 2.75) is 6.55 Å². The van der Waals surface area contributed by atoms with Gasteiger partial charge in [0.15, 0.2) is 0 Å². The first-order valence-corrected chi connectivity index (χ1v) is 4.07. The summed E-state index contributed by atoms with van der Waals surface area (Å²) in [5.74, 6) is -2.82. The number of carboxylic acid groups (broad SMARTS) is 1. The highest BCUT2D eigenvalue weighted by atomic mass is 19.3. The molecule has 7 heteroatoms. The molecule has 1 N–H and O–H groups in total. The zero-order valence-electron chi connectivity index (χ0n) is 7.78. The van der Waals surface area contributed by atoms with Crippen molar-refractivity contribution in [3.05, 3.63) is 35.4 Å². The summed E-state index contributed by atoms with van der Waals surface area (Å²) in [7, 11) is 0. The van der Waals surface area contributed by atoms with Crippen molar-refractivity contribution in [1.82, 2.24) is 5.48 Å². The van der Waals surface area contributed by atoms with E-state index >= 15 is 0 Å². The average Bonchev–Trinajstić information content (AvgIpc) is 2.25. The summed E-state index contributed by atoms with van der Waals surface area (Å²) >= 11 is 0. The smallest absolute Gasteiger partial charge is 0.357 e. The number of benzene rings is 1. The summed E-state index contributed by atoms with van der Waals surface area (Å²) in [6, 6.07) is 4.96. The molecular formula is C9H6F2NO4-. The lowest BCUT2D eigenvalue weighted by molar-refractivity contribution is -0.255. The predicted molar refractivity (Wildman–Crippen MR) is 45.3 cm³/mol. The van der Waals surface area contributed by atoms with Crippen LogP contribution in [0.4, 0.5) is 8.78 Å². The van der Waals surface area contributed by atoms with E-state index in [9.17, 15) is 23.5 Å². The Morgan fingerprint density at radius 2 is 1.81 bits per heavy atom. The summed E-state index contributed by atoms with van der Waals surface area (Å²) in [5, 5.41) is 10.6. The molecule has 0 fully saturated rings. The van der Waals surface area contributed by atoms with E-state index in [1.165, 1.54) is 12.1 Å². The van der Waals surface area contributed by atoms with Crippen LogP contribution in [0.25, 0.3) is 0 Å². The number of carbonyl (C=O) groups excluding carboxylic acids is 2. The Morgan fingerprint density at radius 3 is 2.31 bits per heavy atom. The Bertz CT molecular complexity index is 408. The van der Waals surface area contributed by atoms with Crippen LogP contribution in [0.1, 0.15) is 20.7 Å². The first-order valence-electron chi connectivity index (χ1n) is 4.07. The molecule has 0 radical (unpaired) electrons. The van der Waals surface area contributed by atoms with Gasteiger partial charge in [-0.3, -0.25) is 0 Å². The molecule has 0 heterocycles. The largest absolute Gasteiger partial charge is 0.545 e. The molecule has 1 aromatic carbocycles. The second-order valence-electron chi connectivity index (χ2n) is 2.64. The summed E-state index contributed by atoms with van der Waals surface area (Å²) in [6.45, 7) is -3.04. The van der Waals surface area contributed by atoms with E-state index < -0.39 is 24.1 Å². The van der Waals surface area contributed by atoms with Gasteiger partial charge in [-0.25, -0.2) is 4.79 Å². The van der Waals surface area contributed by atoms with Gasteiger partial charge in [0.1, 0.15) is 0 Å². The molecule has 0 amide bonds. The lowest BCUT2D eigenvalue weighted by Crippen LogP contribution is -2.28. The molecule has 86 valence electrons. The van der Waals surface area contributed by atoms with Gasteiger partial charge in [0, 0.05) is 5.56 Å². The number of alkyl halides is 2. The minimum absolute atomic E-state index is 0.365. The monoisotopic (exact) mass is 230 g/mol. The van der Waals surface area contributed by atoms with Crippen LogP contribution in [-0.4, -0.2) is 18.5 Å².